The Hall–Kier alpha value is -4.31. The first-order valence-electron chi connectivity index (χ1n) is 10.1. The first-order chi connectivity index (χ1) is 15.3. The maximum Gasteiger partial charge on any atom is 0.149 e. The topological polar surface area (TPSA) is 55.7 Å². The summed E-state index contributed by atoms with van der Waals surface area (Å²) in [6.45, 7) is 0. The van der Waals surface area contributed by atoms with Gasteiger partial charge in [-0.2, -0.15) is 5.10 Å². The Labute approximate surface area is 182 Å². The number of hydrogen-bond acceptors (Lipinski definition) is 2. The van der Waals surface area contributed by atoms with E-state index in [4.69, 9.17) is 5.73 Å². The molecule has 0 unspecified atom stereocenters. The van der Waals surface area contributed by atoms with Crippen molar-refractivity contribution < 1.29 is 0 Å². The molecular formula is C27H23N4-. The average Bonchev–Trinajstić information content (AvgIpc) is 2.84. The van der Waals surface area contributed by atoms with Crippen LogP contribution in [0.4, 0.5) is 11.4 Å². The standard InChI is InChI=1S/C27H23N4/c28-27(24-12-6-2-7-13-24)30-31(29-25-14-8-3-9-15-25)26-20-18-23(19-21-26)17-16-22-10-4-1-5-11-22/h1-21H,(H2,28,30)/q-1/b17-16-. The van der Waals surface area contributed by atoms with Gasteiger partial charge in [0.05, 0.1) is 0 Å². The smallest absolute Gasteiger partial charge is 0.149 e. The molecule has 4 heteroatoms. The Morgan fingerprint density at radius 3 is 1.77 bits per heavy atom. The van der Waals surface area contributed by atoms with Crippen LogP contribution in [0.1, 0.15) is 16.7 Å². The summed E-state index contributed by atoms with van der Waals surface area (Å²) in [5.74, 6) is 0.397. The Balaban J connectivity index is 1.59. The fourth-order valence-electron chi connectivity index (χ4n) is 2.99. The van der Waals surface area contributed by atoms with Crippen molar-refractivity contribution in [1.29, 1.82) is 0 Å². The second-order valence-corrected chi connectivity index (χ2v) is 6.91. The largest absolute Gasteiger partial charge is 0.572 e. The Kier molecular flexibility index (Phi) is 6.41. The highest BCUT2D eigenvalue weighted by atomic mass is 15.7. The molecule has 2 N–H and O–H groups in total. The van der Waals surface area contributed by atoms with E-state index in [9.17, 15) is 0 Å². The van der Waals surface area contributed by atoms with Crippen molar-refractivity contribution in [2.45, 2.75) is 0 Å². The zero-order valence-electron chi connectivity index (χ0n) is 17.0. The van der Waals surface area contributed by atoms with Gasteiger partial charge in [-0.1, -0.05) is 115 Å². The third-order valence-corrected chi connectivity index (χ3v) is 4.63. The molecule has 0 aromatic heterocycles. The van der Waals surface area contributed by atoms with Crippen LogP contribution in [0.25, 0.3) is 17.6 Å². The third kappa shape index (κ3) is 5.61. The Morgan fingerprint density at radius 1 is 0.645 bits per heavy atom. The molecule has 0 bridgehead atoms. The highest BCUT2D eigenvalue weighted by molar-refractivity contribution is 5.98. The van der Waals surface area contributed by atoms with Gasteiger partial charge in [0.15, 0.2) is 0 Å². The SMILES string of the molecule is NC(=NN([N-]c1ccccc1)c1ccc(/C=C\c2ccccc2)cc1)c1ccccc1. The second kappa shape index (κ2) is 9.94. The zero-order valence-corrected chi connectivity index (χ0v) is 17.0. The van der Waals surface area contributed by atoms with E-state index >= 15 is 0 Å². The number of rotatable bonds is 7. The fourth-order valence-corrected chi connectivity index (χ4v) is 2.99. The van der Waals surface area contributed by atoms with E-state index in [0.717, 1.165) is 28.1 Å². The minimum atomic E-state index is 0.397. The molecule has 0 atom stereocenters. The summed E-state index contributed by atoms with van der Waals surface area (Å²) >= 11 is 0. The fraction of sp³-hybridized carbons (Fsp3) is 0. The molecule has 4 aromatic rings. The quantitative estimate of drug-likeness (QED) is 0.163. The third-order valence-electron chi connectivity index (χ3n) is 4.63. The predicted octanol–water partition coefficient (Wildman–Crippen LogP) is 6.60. The molecule has 0 spiro atoms. The van der Waals surface area contributed by atoms with Crippen LogP contribution in [0, 0.1) is 0 Å². The Bertz CT molecular complexity index is 1140. The lowest BCUT2D eigenvalue weighted by molar-refractivity contribution is 1.03. The van der Waals surface area contributed by atoms with Gasteiger partial charge >= 0.3 is 0 Å². The summed E-state index contributed by atoms with van der Waals surface area (Å²) < 4.78 is 0. The first kappa shape index (κ1) is 20.0. The van der Waals surface area contributed by atoms with E-state index in [-0.39, 0.29) is 0 Å². The summed E-state index contributed by atoms with van der Waals surface area (Å²) in [6, 6.07) is 37.6. The van der Waals surface area contributed by atoms with Crippen LogP contribution >= 0.6 is 0 Å². The van der Waals surface area contributed by atoms with Gasteiger partial charge in [0.25, 0.3) is 0 Å². The van der Waals surface area contributed by atoms with E-state index in [1.165, 1.54) is 0 Å². The lowest BCUT2D eigenvalue weighted by Crippen LogP contribution is -2.20. The molecule has 0 saturated carbocycles. The van der Waals surface area contributed by atoms with Crippen molar-refractivity contribution in [1.82, 2.24) is 0 Å². The van der Waals surface area contributed by atoms with Crippen LogP contribution in [0.2, 0.25) is 0 Å². The molecular weight excluding hydrogens is 380 g/mol. The molecule has 0 fully saturated rings. The molecule has 0 heterocycles. The first-order valence-corrected chi connectivity index (χ1v) is 10.1. The number of anilines is 1. The zero-order chi connectivity index (χ0) is 21.3. The molecule has 4 nitrogen and oxygen atoms in total. The van der Waals surface area contributed by atoms with Crippen molar-refractivity contribution >= 4 is 29.4 Å². The second-order valence-electron chi connectivity index (χ2n) is 6.91. The van der Waals surface area contributed by atoms with Gasteiger partial charge < -0.3 is 16.3 Å². The van der Waals surface area contributed by atoms with Crippen LogP contribution in [-0.2, 0) is 0 Å². The summed E-state index contributed by atoms with van der Waals surface area (Å²) in [5.41, 5.74) is 15.6. The molecule has 4 aromatic carbocycles. The molecule has 0 saturated heterocycles. The van der Waals surface area contributed by atoms with E-state index in [1.54, 1.807) is 5.12 Å². The predicted molar refractivity (Wildman–Crippen MR) is 131 cm³/mol. The van der Waals surface area contributed by atoms with Gasteiger partial charge in [-0.15, -0.1) is 5.69 Å². The summed E-state index contributed by atoms with van der Waals surface area (Å²) in [7, 11) is 0. The van der Waals surface area contributed by atoms with Gasteiger partial charge in [0, 0.05) is 11.3 Å². The molecule has 0 aliphatic heterocycles. The van der Waals surface area contributed by atoms with Crippen molar-refractivity contribution in [3.63, 3.8) is 0 Å². The summed E-state index contributed by atoms with van der Waals surface area (Å²) in [6.07, 6.45) is 4.17. The van der Waals surface area contributed by atoms with E-state index in [0.29, 0.717) is 5.84 Å². The molecule has 0 aliphatic carbocycles. The van der Waals surface area contributed by atoms with E-state index in [2.05, 4.69) is 34.8 Å². The maximum atomic E-state index is 6.27. The van der Waals surface area contributed by atoms with Crippen molar-refractivity contribution in [2.24, 2.45) is 10.8 Å². The maximum absolute atomic E-state index is 6.27. The number of benzene rings is 4. The van der Waals surface area contributed by atoms with E-state index < -0.39 is 0 Å². The normalized spacial score (nSPS) is 11.4. The van der Waals surface area contributed by atoms with Crippen LogP contribution in [-0.4, -0.2) is 5.84 Å². The minimum absolute atomic E-state index is 0.397. The molecule has 31 heavy (non-hydrogen) atoms. The minimum Gasteiger partial charge on any atom is -0.572 e. The van der Waals surface area contributed by atoms with Gasteiger partial charge in [-0.3, -0.25) is 0 Å². The van der Waals surface area contributed by atoms with Crippen LogP contribution < -0.4 is 10.9 Å². The summed E-state index contributed by atoms with van der Waals surface area (Å²) in [5, 5.41) is 6.15. The molecule has 0 amide bonds. The van der Waals surface area contributed by atoms with Gasteiger partial charge in [0.2, 0.25) is 0 Å². The molecule has 0 aliphatic rings. The Morgan fingerprint density at radius 2 is 1.16 bits per heavy atom. The molecule has 4 rings (SSSR count). The lowest BCUT2D eigenvalue weighted by atomic mass is 10.1. The van der Waals surface area contributed by atoms with Crippen molar-refractivity contribution in [2.75, 3.05) is 5.12 Å². The summed E-state index contributed by atoms with van der Waals surface area (Å²) in [4.78, 5) is 0. The van der Waals surface area contributed by atoms with Crippen molar-refractivity contribution in [3.8, 4) is 0 Å². The van der Waals surface area contributed by atoms with Crippen LogP contribution in [0.15, 0.2) is 120 Å². The van der Waals surface area contributed by atoms with Gasteiger partial charge in [0.1, 0.15) is 5.84 Å². The lowest BCUT2D eigenvalue weighted by Gasteiger charge is -2.35. The van der Waals surface area contributed by atoms with Gasteiger partial charge in [-0.25, -0.2) is 0 Å². The van der Waals surface area contributed by atoms with Crippen LogP contribution in [0.5, 0.6) is 0 Å². The van der Waals surface area contributed by atoms with Gasteiger partial charge in [-0.05, 0) is 23.3 Å². The number of hydrogen-bond donors (Lipinski definition) is 1. The number of nitrogens with zero attached hydrogens (tertiary/aromatic N) is 3. The highest BCUT2D eigenvalue weighted by Gasteiger charge is 2.02. The highest BCUT2D eigenvalue weighted by Crippen LogP contribution is 2.27. The van der Waals surface area contributed by atoms with E-state index in [1.807, 2.05) is 103 Å². The van der Waals surface area contributed by atoms with Crippen molar-refractivity contribution in [3.05, 3.63) is 137 Å². The monoisotopic (exact) mass is 403 g/mol. The molecule has 0 radical (unpaired) electrons. The average molecular weight is 404 g/mol. The van der Waals surface area contributed by atoms with Crippen LogP contribution in [0.3, 0.4) is 0 Å². The number of nitrogens with two attached hydrogens (primary N) is 1. The molecule has 152 valence electrons. The number of hydrazone groups is 1. The number of amidine groups is 1.